The molecule has 0 N–H and O–H groups in total. The molecule has 1 saturated heterocycles. The molecule has 1 atom stereocenters. The van der Waals surface area contributed by atoms with Gasteiger partial charge in [-0.05, 0) is 37.8 Å². The Morgan fingerprint density at radius 2 is 2.25 bits per heavy atom. The van der Waals surface area contributed by atoms with Crippen LogP contribution in [-0.2, 0) is 14.3 Å². The van der Waals surface area contributed by atoms with Gasteiger partial charge in [0.25, 0.3) is 0 Å². The van der Waals surface area contributed by atoms with Gasteiger partial charge < -0.3 is 14.2 Å². The van der Waals surface area contributed by atoms with E-state index in [4.69, 9.17) is 14.2 Å². The monoisotopic (exact) mass is 278 g/mol. The van der Waals surface area contributed by atoms with E-state index in [0.717, 1.165) is 30.8 Å². The molecule has 1 heterocycles. The summed E-state index contributed by atoms with van der Waals surface area (Å²) in [5.74, 6) is 0.703. The third-order valence-electron chi connectivity index (χ3n) is 3.33. The lowest BCUT2D eigenvalue weighted by Gasteiger charge is -2.11. The van der Waals surface area contributed by atoms with Crippen LogP contribution in [0.15, 0.2) is 24.3 Å². The van der Waals surface area contributed by atoms with Crippen molar-refractivity contribution < 1.29 is 19.0 Å². The van der Waals surface area contributed by atoms with Gasteiger partial charge >= 0.3 is 5.97 Å². The molecular formula is C16H22O4. The molecule has 0 aromatic heterocycles. The summed E-state index contributed by atoms with van der Waals surface area (Å²) in [6.07, 6.45) is 3.20. The molecule has 4 heteroatoms. The second kappa shape index (κ2) is 7.90. The number of aryl methyl sites for hydroxylation is 1. The van der Waals surface area contributed by atoms with Gasteiger partial charge in [-0.25, -0.2) is 0 Å². The summed E-state index contributed by atoms with van der Waals surface area (Å²) in [7, 11) is 0. The zero-order valence-corrected chi connectivity index (χ0v) is 12.0. The van der Waals surface area contributed by atoms with E-state index in [2.05, 4.69) is 0 Å². The van der Waals surface area contributed by atoms with E-state index in [1.54, 1.807) is 0 Å². The first-order chi connectivity index (χ1) is 9.75. The summed E-state index contributed by atoms with van der Waals surface area (Å²) in [5, 5.41) is 0. The standard InChI is InChI=1S/C16H22O4/c1-13-6-2-3-8-15(13)19-11-5-9-16(17)20-12-14-7-4-10-18-14/h2-3,6,8,14H,4-5,7,9-12H2,1H3. The molecule has 1 aliphatic rings. The number of hydrogen-bond donors (Lipinski definition) is 0. The molecule has 0 radical (unpaired) electrons. The molecule has 1 fully saturated rings. The average molecular weight is 278 g/mol. The quantitative estimate of drug-likeness (QED) is 0.568. The highest BCUT2D eigenvalue weighted by molar-refractivity contribution is 5.69. The summed E-state index contributed by atoms with van der Waals surface area (Å²) in [6, 6.07) is 7.86. The fraction of sp³-hybridized carbons (Fsp3) is 0.562. The highest BCUT2D eigenvalue weighted by atomic mass is 16.6. The van der Waals surface area contributed by atoms with E-state index in [1.165, 1.54) is 0 Å². The van der Waals surface area contributed by atoms with Gasteiger partial charge in [0.05, 0.1) is 12.7 Å². The lowest BCUT2D eigenvalue weighted by atomic mass is 10.2. The Morgan fingerprint density at radius 1 is 1.40 bits per heavy atom. The number of para-hydroxylation sites is 1. The molecule has 2 rings (SSSR count). The molecule has 0 spiro atoms. The van der Waals surface area contributed by atoms with E-state index in [1.807, 2.05) is 31.2 Å². The number of esters is 1. The van der Waals surface area contributed by atoms with Crippen LogP contribution in [0.4, 0.5) is 0 Å². The van der Waals surface area contributed by atoms with Crippen molar-refractivity contribution in [1.82, 2.24) is 0 Å². The van der Waals surface area contributed by atoms with Gasteiger partial charge in [0.1, 0.15) is 12.4 Å². The van der Waals surface area contributed by atoms with Crippen LogP contribution in [0.5, 0.6) is 5.75 Å². The van der Waals surface area contributed by atoms with Gasteiger partial charge in [-0.2, -0.15) is 0 Å². The minimum absolute atomic E-state index is 0.0992. The Hall–Kier alpha value is -1.55. The molecular weight excluding hydrogens is 256 g/mol. The van der Waals surface area contributed by atoms with E-state index < -0.39 is 0 Å². The van der Waals surface area contributed by atoms with Crippen molar-refractivity contribution in [2.45, 2.75) is 38.7 Å². The number of carbonyl (C=O) groups is 1. The molecule has 0 amide bonds. The van der Waals surface area contributed by atoms with Gasteiger partial charge in [0.2, 0.25) is 0 Å². The van der Waals surface area contributed by atoms with Crippen molar-refractivity contribution in [3.8, 4) is 5.75 Å². The highest BCUT2D eigenvalue weighted by Crippen LogP contribution is 2.16. The molecule has 0 saturated carbocycles. The van der Waals surface area contributed by atoms with Crippen LogP contribution in [-0.4, -0.2) is 31.9 Å². The summed E-state index contributed by atoms with van der Waals surface area (Å²) in [6.45, 7) is 3.70. The first kappa shape index (κ1) is 14.9. The summed E-state index contributed by atoms with van der Waals surface area (Å²) in [5.41, 5.74) is 1.11. The Balaban J connectivity index is 1.56. The lowest BCUT2D eigenvalue weighted by Crippen LogP contribution is -2.18. The number of rotatable bonds is 7. The molecule has 1 unspecified atom stereocenters. The zero-order valence-electron chi connectivity index (χ0n) is 12.0. The fourth-order valence-corrected chi connectivity index (χ4v) is 2.15. The van der Waals surface area contributed by atoms with Crippen LogP contribution in [0, 0.1) is 6.92 Å². The van der Waals surface area contributed by atoms with Crippen LogP contribution in [0.1, 0.15) is 31.2 Å². The maximum Gasteiger partial charge on any atom is 0.306 e. The van der Waals surface area contributed by atoms with Crippen LogP contribution < -0.4 is 4.74 Å². The zero-order chi connectivity index (χ0) is 14.2. The highest BCUT2D eigenvalue weighted by Gasteiger charge is 2.17. The third-order valence-corrected chi connectivity index (χ3v) is 3.33. The Labute approximate surface area is 120 Å². The van der Waals surface area contributed by atoms with Gasteiger partial charge in [0.15, 0.2) is 0 Å². The van der Waals surface area contributed by atoms with E-state index in [-0.39, 0.29) is 12.1 Å². The molecule has 1 aliphatic heterocycles. The summed E-state index contributed by atoms with van der Waals surface area (Å²) in [4.78, 5) is 11.5. The minimum atomic E-state index is -0.172. The lowest BCUT2D eigenvalue weighted by molar-refractivity contribution is -0.147. The van der Waals surface area contributed by atoms with Crippen LogP contribution in [0.2, 0.25) is 0 Å². The van der Waals surface area contributed by atoms with Crippen molar-refractivity contribution in [1.29, 1.82) is 0 Å². The third kappa shape index (κ3) is 4.85. The second-order valence-electron chi connectivity index (χ2n) is 5.04. The minimum Gasteiger partial charge on any atom is -0.493 e. The maximum atomic E-state index is 11.5. The SMILES string of the molecule is Cc1ccccc1OCCCC(=O)OCC1CCCO1. The molecule has 4 nitrogen and oxygen atoms in total. The molecule has 20 heavy (non-hydrogen) atoms. The van der Waals surface area contributed by atoms with Crippen molar-refractivity contribution >= 4 is 5.97 Å². The average Bonchev–Trinajstić information content (AvgIpc) is 2.96. The molecule has 0 aliphatic carbocycles. The Morgan fingerprint density at radius 3 is 3.00 bits per heavy atom. The fourth-order valence-electron chi connectivity index (χ4n) is 2.15. The number of hydrogen-bond acceptors (Lipinski definition) is 4. The molecule has 1 aromatic rings. The first-order valence-electron chi connectivity index (χ1n) is 7.21. The van der Waals surface area contributed by atoms with Crippen molar-refractivity contribution in [3.05, 3.63) is 29.8 Å². The van der Waals surface area contributed by atoms with Crippen LogP contribution in [0.3, 0.4) is 0 Å². The Bertz CT molecular complexity index is 424. The normalized spacial score (nSPS) is 17.9. The first-order valence-corrected chi connectivity index (χ1v) is 7.21. The van der Waals surface area contributed by atoms with Crippen molar-refractivity contribution in [2.75, 3.05) is 19.8 Å². The van der Waals surface area contributed by atoms with Crippen molar-refractivity contribution in [3.63, 3.8) is 0 Å². The van der Waals surface area contributed by atoms with Crippen molar-refractivity contribution in [2.24, 2.45) is 0 Å². The Kier molecular flexibility index (Phi) is 5.87. The summed E-state index contributed by atoms with van der Waals surface area (Å²) >= 11 is 0. The number of carbonyl (C=O) groups excluding carboxylic acids is 1. The van der Waals surface area contributed by atoms with Gasteiger partial charge in [-0.15, -0.1) is 0 Å². The van der Waals surface area contributed by atoms with Crippen LogP contribution in [0.25, 0.3) is 0 Å². The van der Waals surface area contributed by atoms with E-state index in [0.29, 0.717) is 26.1 Å². The predicted octanol–water partition coefficient (Wildman–Crippen LogP) is 2.88. The maximum absolute atomic E-state index is 11.5. The number of ether oxygens (including phenoxy) is 3. The largest absolute Gasteiger partial charge is 0.493 e. The molecule has 1 aromatic carbocycles. The molecule has 110 valence electrons. The van der Waals surface area contributed by atoms with Gasteiger partial charge in [-0.1, -0.05) is 18.2 Å². The summed E-state index contributed by atoms with van der Waals surface area (Å²) < 4.78 is 16.2. The second-order valence-corrected chi connectivity index (χ2v) is 5.04. The van der Waals surface area contributed by atoms with Gasteiger partial charge in [0, 0.05) is 13.0 Å². The molecule has 0 bridgehead atoms. The van der Waals surface area contributed by atoms with Crippen LogP contribution >= 0.6 is 0 Å². The smallest absolute Gasteiger partial charge is 0.306 e. The predicted molar refractivity (Wildman–Crippen MR) is 75.8 cm³/mol. The topological polar surface area (TPSA) is 44.8 Å². The van der Waals surface area contributed by atoms with E-state index in [9.17, 15) is 4.79 Å². The van der Waals surface area contributed by atoms with E-state index >= 15 is 0 Å². The van der Waals surface area contributed by atoms with Gasteiger partial charge in [-0.3, -0.25) is 4.79 Å². The number of benzene rings is 1.